The number of ether oxygens (including phenoxy) is 3. The molecule has 4 rings (SSSR count). The summed E-state index contributed by atoms with van der Waals surface area (Å²) >= 11 is 0. The number of carbonyl (C=O) groups is 1. The van der Waals surface area contributed by atoms with Crippen LogP contribution in [0, 0.1) is 0 Å². The number of benzene rings is 1. The molecule has 0 fully saturated rings. The first-order valence-corrected chi connectivity index (χ1v) is 14.0. The number of fused-ring (bicyclic) bond motifs is 1. The van der Waals surface area contributed by atoms with Gasteiger partial charge in [0.25, 0.3) is 0 Å². The molecule has 1 aromatic carbocycles. The summed E-state index contributed by atoms with van der Waals surface area (Å²) in [5.74, 6) is -0.798. The van der Waals surface area contributed by atoms with Crippen LogP contribution in [0.15, 0.2) is 54.9 Å². The number of nitrogens with two attached hydrogens (primary N) is 1. The minimum absolute atomic E-state index is 0.145. The van der Waals surface area contributed by atoms with Crippen LogP contribution in [0.2, 0.25) is 0 Å². The average molecular weight is 549 g/mol. The summed E-state index contributed by atoms with van der Waals surface area (Å²) in [6.45, 7) is 3.82. The van der Waals surface area contributed by atoms with Crippen LogP contribution in [0.25, 0.3) is 11.2 Å². The van der Waals surface area contributed by atoms with Crippen molar-refractivity contribution in [1.29, 1.82) is 0 Å². The molecule has 4 atom stereocenters. The zero-order valence-corrected chi connectivity index (χ0v) is 21.9. The Balaban J connectivity index is 1.43. The van der Waals surface area contributed by atoms with Crippen molar-refractivity contribution >= 4 is 30.5 Å². The zero-order valence-electron chi connectivity index (χ0n) is 21.0. The van der Waals surface area contributed by atoms with Crippen molar-refractivity contribution in [3.05, 3.63) is 54.9 Å². The van der Waals surface area contributed by atoms with E-state index in [9.17, 15) is 13.8 Å². The molecule has 1 aliphatic heterocycles. The Kier molecular flexibility index (Phi) is 9.05. The SMILES string of the molecule is CCCCCOC(=O)[C@H](C)NP(=O)(CO[C@@H]1C=C(F)[C@H](n2cnc3c(N)ncnc32)O1)Oc1ccccc1. The normalized spacial score (nSPS) is 19.6. The van der Waals surface area contributed by atoms with E-state index in [1.165, 1.54) is 24.1 Å². The highest BCUT2D eigenvalue weighted by molar-refractivity contribution is 7.57. The van der Waals surface area contributed by atoms with Gasteiger partial charge in [-0.25, -0.2) is 24.4 Å². The molecule has 3 N–H and O–H groups in total. The van der Waals surface area contributed by atoms with Crippen molar-refractivity contribution in [2.75, 3.05) is 18.7 Å². The molecule has 0 aliphatic carbocycles. The molecule has 0 saturated heterocycles. The number of imidazole rings is 1. The molecule has 0 amide bonds. The largest absolute Gasteiger partial charge is 0.465 e. The predicted octanol–water partition coefficient (Wildman–Crippen LogP) is 4.07. The van der Waals surface area contributed by atoms with Crippen molar-refractivity contribution in [3.8, 4) is 5.75 Å². The number of nitrogens with zero attached hydrogens (tertiary/aromatic N) is 4. The second-order valence-electron chi connectivity index (χ2n) is 8.59. The van der Waals surface area contributed by atoms with Gasteiger partial charge in [0, 0.05) is 6.08 Å². The van der Waals surface area contributed by atoms with Gasteiger partial charge in [0.1, 0.15) is 23.6 Å². The van der Waals surface area contributed by atoms with Crippen LogP contribution < -0.4 is 15.3 Å². The lowest BCUT2D eigenvalue weighted by Crippen LogP contribution is -2.36. The minimum atomic E-state index is -3.85. The maximum Gasteiger partial charge on any atom is 0.342 e. The predicted molar refractivity (Wildman–Crippen MR) is 137 cm³/mol. The molecule has 2 aromatic heterocycles. The molecule has 1 unspecified atom stereocenters. The van der Waals surface area contributed by atoms with E-state index in [1.54, 1.807) is 30.3 Å². The minimum Gasteiger partial charge on any atom is -0.465 e. The molecular weight excluding hydrogens is 518 g/mol. The summed E-state index contributed by atoms with van der Waals surface area (Å²) in [4.78, 5) is 24.5. The van der Waals surface area contributed by atoms with Gasteiger partial charge in [0.2, 0.25) is 0 Å². The highest BCUT2D eigenvalue weighted by atomic mass is 31.2. The molecule has 0 bridgehead atoms. The number of nitrogens with one attached hydrogen (secondary N) is 1. The number of unbranched alkanes of at least 4 members (excludes halogenated alkanes) is 2. The van der Waals surface area contributed by atoms with E-state index in [0.29, 0.717) is 11.3 Å². The fraction of sp³-hybridized carbons (Fsp3) is 0.417. The number of esters is 1. The number of hydrogen-bond acceptors (Lipinski definition) is 10. The van der Waals surface area contributed by atoms with E-state index in [2.05, 4.69) is 20.0 Å². The molecule has 3 aromatic rings. The third kappa shape index (κ3) is 6.73. The maximum atomic E-state index is 14.8. The first-order chi connectivity index (χ1) is 18.3. The molecule has 3 heterocycles. The Labute approximate surface area is 218 Å². The van der Waals surface area contributed by atoms with Crippen LogP contribution in [-0.2, 0) is 23.6 Å². The van der Waals surface area contributed by atoms with Crippen molar-refractivity contribution in [2.24, 2.45) is 0 Å². The molecular formula is C24H30FN6O6P. The second-order valence-corrected chi connectivity index (χ2v) is 10.6. The van der Waals surface area contributed by atoms with E-state index in [0.717, 1.165) is 25.3 Å². The third-order valence-corrected chi connectivity index (χ3v) is 7.35. The summed E-state index contributed by atoms with van der Waals surface area (Å²) in [6, 6.07) is 7.46. The van der Waals surface area contributed by atoms with Gasteiger partial charge in [-0.15, -0.1) is 0 Å². The summed E-state index contributed by atoms with van der Waals surface area (Å²) in [5, 5.41) is 2.70. The van der Waals surface area contributed by atoms with Crippen LogP contribution in [0.5, 0.6) is 5.75 Å². The van der Waals surface area contributed by atoms with Crippen LogP contribution in [0.4, 0.5) is 10.2 Å². The first kappa shape index (κ1) is 27.6. The topological polar surface area (TPSA) is 153 Å². The van der Waals surface area contributed by atoms with Gasteiger partial charge in [0.15, 0.2) is 36.2 Å². The molecule has 12 nitrogen and oxygen atoms in total. The van der Waals surface area contributed by atoms with Gasteiger partial charge in [-0.1, -0.05) is 38.0 Å². The molecule has 0 saturated carbocycles. The van der Waals surface area contributed by atoms with Gasteiger partial charge in [0.05, 0.1) is 12.9 Å². The van der Waals surface area contributed by atoms with Gasteiger partial charge < -0.3 is 24.5 Å². The number of rotatable bonds is 13. The number of halogens is 1. The summed E-state index contributed by atoms with van der Waals surface area (Å²) in [7, 11) is -3.85. The molecule has 38 heavy (non-hydrogen) atoms. The van der Waals surface area contributed by atoms with Crippen LogP contribution in [-0.4, -0.2) is 50.8 Å². The van der Waals surface area contributed by atoms with Crippen LogP contribution in [0.1, 0.15) is 39.3 Å². The number of hydrogen-bond donors (Lipinski definition) is 2. The Morgan fingerprint density at radius 3 is 2.82 bits per heavy atom. The lowest BCUT2D eigenvalue weighted by molar-refractivity contribution is -0.145. The molecule has 0 spiro atoms. The van der Waals surface area contributed by atoms with Crippen molar-refractivity contribution in [2.45, 2.75) is 51.7 Å². The Morgan fingerprint density at radius 1 is 1.26 bits per heavy atom. The lowest BCUT2D eigenvalue weighted by Gasteiger charge is -2.24. The van der Waals surface area contributed by atoms with Crippen molar-refractivity contribution < 1.29 is 32.5 Å². The third-order valence-electron chi connectivity index (χ3n) is 5.57. The Bertz CT molecular complexity index is 1320. The quantitative estimate of drug-likeness (QED) is 0.180. The zero-order chi connectivity index (χ0) is 27.1. The lowest BCUT2D eigenvalue weighted by atomic mass is 10.3. The van der Waals surface area contributed by atoms with Gasteiger partial charge in [-0.2, -0.15) is 0 Å². The fourth-order valence-corrected chi connectivity index (χ4v) is 5.36. The van der Waals surface area contributed by atoms with E-state index >= 15 is 0 Å². The summed E-state index contributed by atoms with van der Waals surface area (Å²) in [6.07, 6.45) is 3.35. The van der Waals surface area contributed by atoms with Crippen LogP contribution in [0.3, 0.4) is 0 Å². The van der Waals surface area contributed by atoms with E-state index in [-0.39, 0.29) is 18.1 Å². The molecule has 14 heteroatoms. The smallest absolute Gasteiger partial charge is 0.342 e. The van der Waals surface area contributed by atoms with Crippen LogP contribution >= 0.6 is 7.52 Å². The Morgan fingerprint density at radius 2 is 2.05 bits per heavy atom. The number of anilines is 1. The van der Waals surface area contributed by atoms with E-state index < -0.39 is 44.2 Å². The fourth-order valence-electron chi connectivity index (χ4n) is 3.68. The molecule has 204 valence electrons. The highest BCUT2D eigenvalue weighted by Gasteiger charge is 2.36. The number of nitrogen functional groups attached to an aromatic ring is 1. The Hall–Kier alpha value is -3.38. The van der Waals surface area contributed by atoms with Crippen molar-refractivity contribution in [1.82, 2.24) is 24.6 Å². The summed E-state index contributed by atoms with van der Waals surface area (Å²) in [5.41, 5.74) is 6.38. The standard InChI is InChI=1S/C24H30FN6O6P/c1-3-4-8-11-34-24(32)16(2)30-38(33,37-17-9-6-5-7-10-17)15-35-19-12-18(25)23(36-19)31-14-29-20-21(26)27-13-28-22(20)31/h5-7,9-10,12-14,16,19,23H,3-4,8,11,15H2,1-2H3,(H,30,33)(H2,26,27,28)/t16-,19-,23+,38?/m0/s1. The maximum absolute atomic E-state index is 14.8. The number of aromatic nitrogens is 4. The highest BCUT2D eigenvalue weighted by Crippen LogP contribution is 2.45. The van der Waals surface area contributed by atoms with Gasteiger partial charge in [-0.05, 0) is 25.5 Å². The first-order valence-electron chi connectivity index (χ1n) is 12.1. The van der Waals surface area contributed by atoms with E-state index in [1.807, 2.05) is 6.92 Å². The second kappa shape index (κ2) is 12.4. The monoisotopic (exact) mass is 548 g/mol. The molecule has 1 aliphatic rings. The van der Waals surface area contributed by atoms with Gasteiger partial charge >= 0.3 is 13.5 Å². The average Bonchev–Trinajstić information content (AvgIpc) is 3.49. The van der Waals surface area contributed by atoms with E-state index in [4.69, 9.17) is 24.5 Å². The summed E-state index contributed by atoms with van der Waals surface area (Å²) < 4.78 is 52.2. The van der Waals surface area contributed by atoms with Gasteiger partial charge in [-0.3, -0.25) is 13.9 Å². The number of para-hydroxylation sites is 1. The van der Waals surface area contributed by atoms with Crippen molar-refractivity contribution in [3.63, 3.8) is 0 Å². The molecule has 0 radical (unpaired) electrons. The number of carbonyl (C=O) groups excluding carboxylic acids is 1.